The highest BCUT2D eigenvalue weighted by molar-refractivity contribution is 5.99. The minimum absolute atomic E-state index is 0.256. The molecule has 2 aliphatic rings. The van der Waals surface area contributed by atoms with Crippen molar-refractivity contribution in [2.45, 2.75) is 37.6 Å². The van der Waals surface area contributed by atoms with E-state index in [2.05, 4.69) is 26.3 Å². The van der Waals surface area contributed by atoms with Crippen molar-refractivity contribution < 1.29 is 0 Å². The number of fused-ring (bicyclic) bond motifs is 1. The smallest absolute Gasteiger partial charge is 0.140 e. The molecule has 138 valence electrons. The van der Waals surface area contributed by atoms with Crippen LogP contribution in [0.15, 0.2) is 36.8 Å². The third-order valence-electron chi connectivity index (χ3n) is 5.75. The van der Waals surface area contributed by atoms with Crippen LogP contribution in [0.1, 0.15) is 37.7 Å². The molecule has 1 unspecified atom stereocenters. The van der Waals surface area contributed by atoms with Gasteiger partial charge in [0.25, 0.3) is 0 Å². The van der Waals surface area contributed by atoms with E-state index in [1.54, 1.807) is 6.08 Å². The lowest BCUT2D eigenvalue weighted by Crippen LogP contribution is -2.59. The minimum Gasteiger partial charge on any atom is -0.405 e. The first-order chi connectivity index (χ1) is 12.7. The zero-order valence-corrected chi connectivity index (χ0v) is 15.2. The molecule has 2 aromatic rings. The summed E-state index contributed by atoms with van der Waals surface area (Å²) < 4.78 is 0. The van der Waals surface area contributed by atoms with E-state index >= 15 is 0 Å². The SMILES string of the molecule is N/C=C\C=C(/N)c1c[nH]c2nccc(N3CCCC4(CCCCN4)C3)c12. The van der Waals surface area contributed by atoms with Crippen LogP contribution in [0.5, 0.6) is 0 Å². The molecule has 0 bridgehead atoms. The summed E-state index contributed by atoms with van der Waals surface area (Å²) in [5, 5.41) is 4.91. The summed E-state index contributed by atoms with van der Waals surface area (Å²) in [5.41, 5.74) is 15.8. The molecule has 2 aliphatic heterocycles. The summed E-state index contributed by atoms with van der Waals surface area (Å²) in [6, 6.07) is 2.12. The monoisotopic (exact) mass is 352 g/mol. The van der Waals surface area contributed by atoms with Crippen LogP contribution in [0, 0.1) is 0 Å². The predicted molar refractivity (Wildman–Crippen MR) is 108 cm³/mol. The van der Waals surface area contributed by atoms with Crippen molar-refractivity contribution in [2.75, 3.05) is 24.5 Å². The van der Waals surface area contributed by atoms with Crippen molar-refractivity contribution in [1.82, 2.24) is 15.3 Å². The molecular weight excluding hydrogens is 324 g/mol. The second-order valence-electron chi connectivity index (χ2n) is 7.45. The summed E-state index contributed by atoms with van der Waals surface area (Å²) in [7, 11) is 0. The molecule has 4 rings (SSSR count). The molecule has 2 fully saturated rings. The van der Waals surface area contributed by atoms with Gasteiger partial charge in [-0.2, -0.15) is 0 Å². The van der Waals surface area contributed by atoms with Gasteiger partial charge in [0.2, 0.25) is 0 Å². The average Bonchev–Trinajstić information content (AvgIpc) is 3.11. The Hall–Kier alpha value is -2.47. The number of aromatic nitrogens is 2. The van der Waals surface area contributed by atoms with E-state index < -0.39 is 0 Å². The molecule has 1 atom stereocenters. The second kappa shape index (κ2) is 7.03. The first-order valence-corrected chi connectivity index (χ1v) is 9.53. The van der Waals surface area contributed by atoms with Crippen molar-refractivity contribution in [3.63, 3.8) is 0 Å². The largest absolute Gasteiger partial charge is 0.405 e. The summed E-state index contributed by atoms with van der Waals surface area (Å²) >= 11 is 0. The van der Waals surface area contributed by atoms with E-state index in [-0.39, 0.29) is 5.54 Å². The van der Waals surface area contributed by atoms with Gasteiger partial charge >= 0.3 is 0 Å². The van der Waals surface area contributed by atoms with Crippen LogP contribution in [0.2, 0.25) is 0 Å². The highest BCUT2D eigenvalue weighted by Gasteiger charge is 2.36. The van der Waals surface area contributed by atoms with Gasteiger partial charge in [0.15, 0.2) is 0 Å². The second-order valence-corrected chi connectivity index (χ2v) is 7.45. The molecule has 0 aliphatic carbocycles. The van der Waals surface area contributed by atoms with Crippen LogP contribution in [-0.4, -0.2) is 35.1 Å². The maximum Gasteiger partial charge on any atom is 0.140 e. The van der Waals surface area contributed by atoms with Gasteiger partial charge in [0.05, 0.1) is 11.1 Å². The number of nitrogens with zero attached hydrogens (tertiary/aromatic N) is 2. The first kappa shape index (κ1) is 17.0. The molecule has 0 aromatic carbocycles. The Morgan fingerprint density at radius 3 is 2.96 bits per heavy atom. The van der Waals surface area contributed by atoms with Crippen LogP contribution in [0.3, 0.4) is 0 Å². The quantitative estimate of drug-likeness (QED) is 0.636. The van der Waals surface area contributed by atoms with E-state index in [0.717, 1.165) is 36.2 Å². The number of hydrogen-bond acceptors (Lipinski definition) is 5. The Labute approximate surface area is 154 Å². The summed E-state index contributed by atoms with van der Waals surface area (Å²) in [5.74, 6) is 0. The van der Waals surface area contributed by atoms with Gasteiger partial charge in [0, 0.05) is 42.3 Å². The number of hydrogen-bond donors (Lipinski definition) is 4. The van der Waals surface area contributed by atoms with Crippen molar-refractivity contribution in [2.24, 2.45) is 11.5 Å². The molecule has 6 nitrogen and oxygen atoms in total. The van der Waals surface area contributed by atoms with Crippen molar-refractivity contribution in [1.29, 1.82) is 0 Å². The van der Waals surface area contributed by atoms with Gasteiger partial charge in [-0.05, 0) is 56.6 Å². The number of nitrogens with two attached hydrogens (primary N) is 2. The number of pyridine rings is 1. The summed E-state index contributed by atoms with van der Waals surface area (Å²) in [4.78, 5) is 10.3. The molecule has 26 heavy (non-hydrogen) atoms. The van der Waals surface area contributed by atoms with Gasteiger partial charge in [-0.3, -0.25) is 0 Å². The Bertz CT molecular complexity index is 822. The topological polar surface area (TPSA) is 96.0 Å². The fourth-order valence-electron chi connectivity index (χ4n) is 4.50. The summed E-state index contributed by atoms with van der Waals surface area (Å²) in [6.07, 6.45) is 15.3. The first-order valence-electron chi connectivity index (χ1n) is 9.53. The van der Waals surface area contributed by atoms with E-state index in [4.69, 9.17) is 11.5 Å². The number of piperidine rings is 2. The highest BCUT2D eigenvalue weighted by Crippen LogP contribution is 2.36. The van der Waals surface area contributed by atoms with E-state index in [1.807, 2.05) is 18.5 Å². The molecule has 0 amide bonds. The molecule has 6 heteroatoms. The number of rotatable bonds is 3. The van der Waals surface area contributed by atoms with Crippen LogP contribution >= 0.6 is 0 Å². The van der Waals surface area contributed by atoms with Crippen LogP contribution in [0.4, 0.5) is 5.69 Å². The van der Waals surface area contributed by atoms with Crippen LogP contribution in [0.25, 0.3) is 16.7 Å². The Morgan fingerprint density at radius 1 is 1.27 bits per heavy atom. The molecule has 4 heterocycles. The molecule has 0 radical (unpaired) electrons. The third kappa shape index (κ3) is 3.05. The molecule has 2 aromatic heterocycles. The number of nitrogens with one attached hydrogen (secondary N) is 2. The molecular formula is C20H28N6. The molecule has 2 saturated heterocycles. The van der Waals surface area contributed by atoms with Gasteiger partial charge in [-0.1, -0.05) is 6.42 Å². The predicted octanol–water partition coefficient (Wildman–Crippen LogP) is 2.45. The fraction of sp³-hybridized carbons (Fsp3) is 0.450. The Balaban J connectivity index is 1.73. The highest BCUT2D eigenvalue weighted by atomic mass is 15.2. The van der Waals surface area contributed by atoms with E-state index in [9.17, 15) is 0 Å². The molecule has 1 spiro atoms. The van der Waals surface area contributed by atoms with Crippen LogP contribution < -0.4 is 21.7 Å². The van der Waals surface area contributed by atoms with E-state index in [1.165, 1.54) is 44.0 Å². The third-order valence-corrected chi connectivity index (χ3v) is 5.75. The lowest BCUT2D eigenvalue weighted by molar-refractivity contribution is 0.216. The normalized spacial score (nSPS) is 24.8. The minimum atomic E-state index is 0.256. The number of aromatic amines is 1. The van der Waals surface area contributed by atoms with Gasteiger partial charge < -0.3 is 26.7 Å². The standard InChI is InChI=1S/C20H28N6/c21-9-3-5-16(22)15-13-24-19-18(15)17(6-11-23-19)26-12-4-8-20(14-26)7-1-2-10-25-20/h3,5-6,9,11,13,25H,1-2,4,7-8,10,12,14,21-22H2,(H,23,24)/b9-3-,16-5-. The van der Waals surface area contributed by atoms with Gasteiger partial charge in [-0.25, -0.2) is 4.98 Å². The summed E-state index contributed by atoms with van der Waals surface area (Å²) in [6.45, 7) is 3.25. The fourth-order valence-corrected chi connectivity index (χ4v) is 4.50. The maximum atomic E-state index is 6.30. The molecule has 6 N–H and O–H groups in total. The van der Waals surface area contributed by atoms with Crippen molar-refractivity contribution >= 4 is 22.4 Å². The maximum absolute atomic E-state index is 6.30. The number of allylic oxidation sites excluding steroid dienone is 2. The number of anilines is 1. The van der Waals surface area contributed by atoms with Gasteiger partial charge in [0.1, 0.15) is 5.65 Å². The van der Waals surface area contributed by atoms with E-state index in [0.29, 0.717) is 5.70 Å². The lowest BCUT2D eigenvalue weighted by Gasteiger charge is -2.47. The number of H-pyrrole nitrogens is 1. The Kier molecular flexibility index (Phi) is 4.59. The molecule has 0 saturated carbocycles. The Morgan fingerprint density at radius 2 is 2.15 bits per heavy atom. The van der Waals surface area contributed by atoms with Crippen molar-refractivity contribution in [3.05, 3.63) is 42.4 Å². The lowest BCUT2D eigenvalue weighted by atomic mass is 9.81. The zero-order chi connectivity index (χ0) is 18.0. The zero-order valence-electron chi connectivity index (χ0n) is 15.2. The van der Waals surface area contributed by atoms with Crippen LogP contribution in [-0.2, 0) is 0 Å². The van der Waals surface area contributed by atoms with Crippen molar-refractivity contribution in [3.8, 4) is 0 Å². The average molecular weight is 352 g/mol. The van der Waals surface area contributed by atoms with Gasteiger partial charge in [-0.15, -0.1) is 0 Å².